The van der Waals surface area contributed by atoms with Gasteiger partial charge >= 0.3 is 5.97 Å². The number of carboxylic acids is 1. The molecule has 1 aliphatic heterocycles. The molecule has 0 aromatic heterocycles. The first kappa shape index (κ1) is 12.0. The van der Waals surface area contributed by atoms with Gasteiger partial charge in [-0.1, -0.05) is 0 Å². The fraction of sp³-hybridized carbons (Fsp3) is 0.800. The number of carbonyl (C=O) groups excluding carboxylic acids is 1. The predicted molar refractivity (Wildman–Crippen MR) is 53.4 cm³/mol. The van der Waals surface area contributed by atoms with Crippen LogP contribution in [0.2, 0.25) is 0 Å². The highest BCUT2D eigenvalue weighted by Crippen LogP contribution is 2.24. The van der Waals surface area contributed by atoms with E-state index in [0.29, 0.717) is 26.0 Å². The van der Waals surface area contributed by atoms with E-state index in [4.69, 9.17) is 9.84 Å². The van der Waals surface area contributed by atoms with Gasteiger partial charge in [0.05, 0.1) is 18.9 Å². The normalized spacial score (nSPS) is 25.6. The molecule has 0 aliphatic carbocycles. The molecule has 2 atom stereocenters. The number of nitrogens with zero attached hydrogens (tertiary/aromatic N) is 1. The average Bonchev–Trinajstić information content (AvgIpc) is 2.56. The fourth-order valence-electron chi connectivity index (χ4n) is 1.95. The minimum absolute atomic E-state index is 0.0203. The highest BCUT2D eigenvalue weighted by atomic mass is 16.5. The molecule has 0 radical (unpaired) electrons. The zero-order valence-corrected chi connectivity index (χ0v) is 9.10. The Bertz CT molecular complexity index is 254. The van der Waals surface area contributed by atoms with Gasteiger partial charge in [-0.2, -0.15) is 0 Å². The Morgan fingerprint density at radius 2 is 2.20 bits per heavy atom. The number of hydrogen-bond acceptors (Lipinski definition) is 3. The van der Waals surface area contributed by atoms with E-state index < -0.39 is 11.9 Å². The molecular formula is C10H17NO4. The molecule has 1 aliphatic rings. The van der Waals surface area contributed by atoms with E-state index in [1.807, 2.05) is 0 Å². The lowest BCUT2D eigenvalue weighted by molar-refractivity contribution is -0.143. The number of aliphatic carboxylic acids is 1. The van der Waals surface area contributed by atoms with Gasteiger partial charge in [-0.25, -0.2) is 0 Å². The average molecular weight is 215 g/mol. The summed E-state index contributed by atoms with van der Waals surface area (Å²) in [7, 11) is 1.54. The minimum Gasteiger partial charge on any atom is -0.481 e. The molecule has 5 heteroatoms. The number of methoxy groups -OCH3 is 1. The zero-order valence-electron chi connectivity index (χ0n) is 9.10. The summed E-state index contributed by atoms with van der Waals surface area (Å²) in [5, 5.41) is 8.90. The molecule has 2 unspecified atom stereocenters. The summed E-state index contributed by atoms with van der Waals surface area (Å²) in [6.07, 6.45) is 0.877. The van der Waals surface area contributed by atoms with Gasteiger partial charge in [0.1, 0.15) is 0 Å². The third-order valence-corrected chi connectivity index (χ3v) is 2.91. The quantitative estimate of drug-likeness (QED) is 0.734. The summed E-state index contributed by atoms with van der Waals surface area (Å²) in [6, 6.07) is -0.202. The molecular weight excluding hydrogens is 198 g/mol. The second-order valence-electron chi connectivity index (χ2n) is 3.80. The van der Waals surface area contributed by atoms with E-state index in [1.165, 1.54) is 0 Å². The van der Waals surface area contributed by atoms with Crippen LogP contribution in [0.25, 0.3) is 0 Å². The fourth-order valence-corrected chi connectivity index (χ4v) is 1.95. The van der Waals surface area contributed by atoms with E-state index in [2.05, 4.69) is 0 Å². The number of hydrogen-bond donors (Lipinski definition) is 1. The molecule has 0 aromatic carbocycles. The van der Waals surface area contributed by atoms with Gasteiger partial charge in [0, 0.05) is 19.7 Å². The first-order chi connectivity index (χ1) is 7.07. The summed E-state index contributed by atoms with van der Waals surface area (Å²) in [4.78, 5) is 24.1. The van der Waals surface area contributed by atoms with Crippen LogP contribution in [0.1, 0.15) is 19.8 Å². The van der Waals surface area contributed by atoms with Crippen molar-refractivity contribution in [2.75, 3.05) is 20.3 Å². The van der Waals surface area contributed by atoms with Crippen LogP contribution in [0.4, 0.5) is 0 Å². The Hall–Kier alpha value is -1.10. The number of ether oxygens (including phenoxy) is 1. The van der Waals surface area contributed by atoms with Gasteiger partial charge in [-0.15, -0.1) is 0 Å². The lowest BCUT2D eigenvalue weighted by atomic mass is 10.0. The molecule has 1 saturated heterocycles. The van der Waals surface area contributed by atoms with Gasteiger partial charge in [0.2, 0.25) is 5.91 Å². The minimum atomic E-state index is -0.815. The molecule has 5 nitrogen and oxygen atoms in total. The predicted octanol–water partition coefficient (Wildman–Crippen LogP) is 0.344. The van der Waals surface area contributed by atoms with E-state index in [1.54, 1.807) is 18.9 Å². The first-order valence-corrected chi connectivity index (χ1v) is 5.09. The highest BCUT2D eigenvalue weighted by Gasteiger charge is 2.37. The van der Waals surface area contributed by atoms with Crippen molar-refractivity contribution < 1.29 is 19.4 Å². The lowest BCUT2D eigenvalue weighted by Crippen LogP contribution is -2.38. The number of likely N-dealkylation sites (tertiary alicyclic amines) is 1. The van der Waals surface area contributed by atoms with Crippen molar-refractivity contribution in [3.8, 4) is 0 Å². The zero-order chi connectivity index (χ0) is 11.4. The SMILES string of the molecule is COCCC(=O)N1CCC(C(=O)O)C1C. The van der Waals surface area contributed by atoms with Crippen LogP contribution in [0.15, 0.2) is 0 Å². The molecule has 1 N–H and O–H groups in total. The van der Waals surface area contributed by atoms with Gasteiger partial charge in [0.15, 0.2) is 0 Å². The van der Waals surface area contributed by atoms with Gasteiger partial charge in [-0.3, -0.25) is 9.59 Å². The van der Waals surface area contributed by atoms with Gasteiger partial charge in [0.25, 0.3) is 0 Å². The molecule has 0 saturated carbocycles. The van der Waals surface area contributed by atoms with Crippen LogP contribution in [-0.2, 0) is 14.3 Å². The third-order valence-electron chi connectivity index (χ3n) is 2.91. The maximum absolute atomic E-state index is 11.6. The monoisotopic (exact) mass is 215 g/mol. The summed E-state index contributed by atoms with van der Waals surface area (Å²) >= 11 is 0. The van der Waals surface area contributed by atoms with Crippen LogP contribution in [0.3, 0.4) is 0 Å². The Labute approximate surface area is 89.0 Å². The molecule has 0 bridgehead atoms. The number of rotatable bonds is 4. The standard InChI is InChI=1S/C10H17NO4/c1-7-8(10(13)14)3-5-11(7)9(12)4-6-15-2/h7-8H,3-6H2,1-2H3,(H,13,14). The van der Waals surface area contributed by atoms with E-state index in [-0.39, 0.29) is 11.9 Å². The van der Waals surface area contributed by atoms with Gasteiger partial charge < -0.3 is 14.7 Å². The van der Waals surface area contributed by atoms with E-state index in [0.717, 1.165) is 0 Å². The van der Waals surface area contributed by atoms with Crippen LogP contribution >= 0.6 is 0 Å². The van der Waals surface area contributed by atoms with Crippen LogP contribution < -0.4 is 0 Å². The van der Waals surface area contributed by atoms with Crippen LogP contribution in [0, 0.1) is 5.92 Å². The van der Waals surface area contributed by atoms with E-state index in [9.17, 15) is 9.59 Å². The van der Waals surface area contributed by atoms with Crippen molar-refractivity contribution in [1.82, 2.24) is 4.90 Å². The summed E-state index contributed by atoms with van der Waals surface area (Å²) < 4.78 is 4.82. The highest BCUT2D eigenvalue weighted by molar-refractivity contribution is 5.79. The van der Waals surface area contributed by atoms with E-state index >= 15 is 0 Å². The Morgan fingerprint density at radius 3 is 2.67 bits per heavy atom. The van der Waals surface area contributed by atoms with Crippen molar-refractivity contribution in [2.24, 2.45) is 5.92 Å². The Morgan fingerprint density at radius 1 is 1.53 bits per heavy atom. The lowest BCUT2D eigenvalue weighted by Gasteiger charge is -2.23. The van der Waals surface area contributed by atoms with Crippen molar-refractivity contribution >= 4 is 11.9 Å². The number of amides is 1. The van der Waals surface area contributed by atoms with Gasteiger partial charge in [-0.05, 0) is 13.3 Å². The molecule has 1 heterocycles. The topological polar surface area (TPSA) is 66.8 Å². The van der Waals surface area contributed by atoms with Crippen molar-refractivity contribution in [3.05, 3.63) is 0 Å². The summed E-state index contributed by atoms with van der Waals surface area (Å²) in [6.45, 7) is 2.72. The first-order valence-electron chi connectivity index (χ1n) is 5.09. The van der Waals surface area contributed by atoms with Crippen LogP contribution in [-0.4, -0.2) is 48.2 Å². The molecule has 15 heavy (non-hydrogen) atoms. The van der Waals surface area contributed by atoms with Crippen molar-refractivity contribution in [3.63, 3.8) is 0 Å². The maximum atomic E-state index is 11.6. The Balaban J connectivity index is 2.51. The molecule has 1 fully saturated rings. The molecule has 0 aromatic rings. The maximum Gasteiger partial charge on any atom is 0.308 e. The molecule has 1 rings (SSSR count). The van der Waals surface area contributed by atoms with Crippen LogP contribution in [0.5, 0.6) is 0 Å². The Kier molecular flexibility index (Phi) is 4.08. The smallest absolute Gasteiger partial charge is 0.308 e. The summed E-state index contributed by atoms with van der Waals surface area (Å²) in [5.74, 6) is -1.26. The largest absolute Gasteiger partial charge is 0.481 e. The number of carbonyl (C=O) groups is 2. The van der Waals surface area contributed by atoms with Crippen molar-refractivity contribution in [2.45, 2.75) is 25.8 Å². The van der Waals surface area contributed by atoms with Crippen molar-refractivity contribution in [1.29, 1.82) is 0 Å². The second-order valence-corrected chi connectivity index (χ2v) is 3.80. The number of carboxylic acid groups (broad SMARTS) is 1. The second kappa shape index (κ2) is 5.11. The third kappa shape index (κ3) is 2.68. The molecule has 86 valence electrons. The summed E-state index contributed by atoms with van der Waals surface area (Å²) in [5.41, 5.74) is 0. The molecule has 1 amide bonds. The molecule has 0 spiro atoms.